The Bertz CT molecular complexity index is 875. The first-order valence-electron chi connectivity index (χ1n) is 10.3. The van der Waals surface area contributed by atoms with E-state index in [1.807, 2.05) is 23.5 Å². The van der Waals surface area contributed by atoms with Gasteiger partial charge < -0.3 is 4.90 Å². The van der Waals surface area contributed by atoms with Gasteiger partial charge in [0, 0.05) is 38.2 Å². The third-order valence-electron chi connectivity index (χ3n) is 6.07. The van der Waals surface area contributed by atoms with E-state index in [1.165, 1.54) is 35.1 Å². The molecule has 1 aromatic heterocycles. The molecule has 2 aliphatic heterocycles. The van der Waals surface area contributed by atoms with E-state index in [4.69, 9.17) is 0 Å². The molecule has 1 unspecified atom stereocenters. The molecule has 1 aromatic carbocycles. The second kappa shape index (κ2) is 8.27. The molecule has 2 aromatic rings. The van der Waals surface area contributed by atoms with E-state index in [1.54, 1.807) is 0 Å². The lowest BCUT2D eigenvalue weighted by atomic mass is 9.96. The molecule has 4 nitrogen and oxygen atoms in total. The molecule has 146 valence electrons. The van der Waals surface area contributed by atoms with Crippen molar-refractivity contribution in [1.82, 2.24) is 14.8 Å². The summed E-state index contributed by atoms with van der Waals surface area (Å²) in [5, 5.41) is 0. The Morgan fingerprint density at radius 2 is 1.93 bits per heavy atom. The standard InChI is InChI=1S/C24H29N3O/c1-18-12-22-7-11-27(24(28)14-23(22)13-19(18)2)17-21-4-3-10-26(16-21)15-20-5-8-25-9-6-20/h5-9,11-13,21H,3-4,10,14-17H2,1-2H3. The molecule has 1 atom stereocenters. The number of amides is 1. The van der Waals surface area contributed by atoms with Crippen molar-refractivity contribution in [3.8, 4) is 0 Å². The average molecular weight is 376 g/mol. The van der Waals surface area contributed by atoms with E-state index in [-0.39, 0.29) is 5.91 Å². The van der Waals surface area contributed by atoms with E-state index in [0.29, 0.717) is 12.3 Å². The highest BCUT2D eigenvalue weighted by Gasteiger charge is 2.25. The van der Waals surface area contributed by atoms with Crippen LogP contribution in [0, 0.1) is 19.8 Å². The van der Waals surface area contributed by atoms with E-state index in [2.05, 4.69) is 54.1 Å². The van der Waals surface area contributed by atoms with E-state index >= 15 is 0 Å². The van der Waals surface area contributed by atoms with Crippen molar-refractivity contribution in [2.24, 2.45) is 5.92 Å². The van der Waals surface area contributed by atoms with Crippen LogP contribution in [0.2, 0.25) is 0 Å². The number of carbonyl (C=O) groups is 1. The maximum Gasteiger partial charge on any atom is 0.230 e. The number of benzene rings is 1. The largest absolute Gasteiger partial charge is 0.318 e. The molecule has 4 heteroatoms. The molecule has 4 rings (SSSR count). The molecule has 2 aliphatic rings. The smallest absolute Gasteiger partial charge is 0.230 e. The zero-order valence-corrected chi connectivity index (χ0v) is 16.9. The van der Waals surface area contributed by atoms with Gasteiger partial charge in [0.1, 0.15) is 0 Å². The Kier molecular flexibility index (Phi) is 5.58. The summed E-state index contributed by atoms with van der Waals surface area (Å²) in [6, 6.07) is 8.56. The molecule has 0 N–H and O–H groups in total. The molecule has 0 radical (unpaired) electrons. The number of piperidine rings is 1. The summed E-state index contributed by atoms with van der Waals surface area (Å²) in [7, 11) is 0. The zero-order valence-electron chi connectivity index (χ0n) is 16.9. The van der Waals surface area contributed by atoms with Gasteiger partial charge in [0.15, 0.2) is 0 Å². The first kappa shape index (κ1) is 18.9. The Hall–Kier alpha value is -2.46. The summed E-state index contributed by atoms with van der Waals surface area (Å²) >= 11 is 0. The van der Waals surface area contributed by atoms with Crippen LogP contribution in [-0.4, -0.2) is 40.3 Å². The molecule has 0 spiro atoms. The molecule has 28 heavy (non-hydrogen) atoms. The maximum absolute atomic E-state index is 12.9. The van der Waals surface area contributed by atoms with Crippen molar-refractivity contribution in [3.63, 3.8) is 0 Å². The summed E-state index contributed by atoms with van der Waals surface area (Å²) in [6.45, 7) is 8.21. The topological polar surface area (TPSA) is 36.4 Å². The Morgan fingerprint density at radius 3 is 2.75 bits per heavy atom. The molecule has 1 saturated heterocycles. The fraction of sp³-hybridized carbons (Fsp3) is 0.417. The normalized spacial score (nSPS) is 20.1. The fourth-order valence-electron chi connectivity index (χ4n) is 4.36. The highest BCUT2D eigenvalue weighted by molar-refractivity contribution is 5.83. The Labute approximate surface area is 167 Å². The second-order valence-electron chi connectivity index (χ2n) is 8.27. The van der Waals surface area contributed by atoms with Crippen LogP contribution in [0.4, 0.5) is 0 Å². The van der Waals surface area contributed by atoms with Gasteiger partial charge in [-0.05, 0) is 85.2 Å². The van der Waals surface area contributed by atoms with Crippen LogP contribution in [0.3, 0.4) is 0 Å². The zero-order chi connectivity index (χ0) is 19.5. The SMILES string of the molecule is Cc1cc2c(cc1C)CC(=O)N(CC1CCCN(Cc3ccncc3)C1)C=C2. The van der Waals surface area contributed by atoms with Crippen molar-refractivity contribution < 1.29 is 4.79 Å². The number of hydrogen-bond acceptors (Lipinski definition) is 3. The summed E-state index contributed by atoms with van der Waals surface area (Å²) in [5.41, 5.74) is 6.18. The number of carbonyl (C=O) groups excluding carboxylic acids is 1. The van der Waals surface area contributed by atoms with Crippen LogP contribution in [-0.2, 0) is 17.8 Å². The van der Waals surface area contributed by atoms with E-state index in [0.717, 1.165) is 31.7 Å². The lowest BCUT2D eigenvalue weighted by molar-refractivity contribution is -0.128. The van der Waals surface area contributed by atoms with Gasteiger partial charge in [-0.1, -0.05) is 12.1 Å². The highest BCUT2D eigenvalue weighted by Crippen LogP contribution is 2.24. The number of aryl methyl sites for hydroxylation is 2. The van der Waals surface area contributed by atoms with Gasteiger partial charge in [-0.25, -0.2) is 0 Å². The average Bonchev–Trinajstić information content (AvgIpc) is 2.83. The predicted molar refractivity (Wildman–Crippen MR) is 113 cm³/mol. The minimum absolute atomic E-state index is 0.213. The van der Waals surface area contributed by atoms with Gasteiger partial charge in [-0.3, -0.25) is 14.7 Å². The highest BCUT2D eigenvalue weighted by atomic mass is 16.2. The van der Waals surface area contributed by atoms with Crippen molar-refractivity contribution in [3.05, 3.63) is 70.7 Å². The number of aromatic nitrogens is 1. The molecule has 1 fully saturated rings. The van der Waals surface area contributed by atoms with E-state index in [9.17, 15) is 4.79 Å². The quantitative estimate of drug-likeness (QED) is 0.811. The number of pyridine rings is 1. The minimum atomic E-state index is 0.213. The monoisotopic (exact) mass is 375 g/mol. The van der Waals surface area contributed by atoms with Crippen LogP contribution in [0.1, 0.15) is 40.7 Å². The Morgan fingerprint density at radius 1 is 1.14 bits per heavy atom. The van der Waals surface area contributed by atoms with Crippen molar-refractivity contribution >= 4 is 12.0 Å². The molecular formula is C24H29N3O. The lowest BCUT2D eigenvalue weighted by Crippen LogP contribution is -2.41. The Balaban J connectivity index is 1.41. The molecule has 0 saturated carbocycles. The van der Waals surface area contributed by atoms with Gasteiger partial charge in [-0.15, -0.1) is 0 Å². The number of rotatable bonds is 4. The number of hydrogen-bond donors (Lipinski definition) is 0. The van der Waals surface area contributed by atoms with Gasteiger partial charge in [0.05, 0.1) is 6.42 Å². The maximum atomic E-state index is 12.9. The number of nitrogens with zero attached hydrogens (tertiary/aromatic N) is 3. The van der Waals surface area contributed by atoms with Crippen molar-refractivity contribution in [2.75, 3.05) is 19.6 Å². The fourth-order valence-corrected chi connectivity index (χ4v) is 4.36. The first-order chi connectivity index (χ1) is 13.6. The second-order valence-corrected chi connectivity index (χ2v) is 8.27. The molecule has 1 amide bonds. The summed E-state index contributed by atoms with van der Waals surface area (Å²) < 4.78 is 0. The van der Waals surface area contributed by atoms with Crippen LogP contribution < -0.4 is 0 Å². The summed E-state index contributed by atoms with van der Waals surface area (Å²) in [6.07, 6.45) is 10.7. The van der Waals surface area contributed by atoms with E-state index < -0.39 is 0 Å². The first-order valence-corrected chi connectivity index (χ1v) is 10.3. The third-order valence-corrected chi connectivity index (χ3v) is 6.07. The number of fused-ring (bicyclic) bond motifs is 1. The minimum Gasteiger partial charge on any atom is -0.318 e. The van der Waals surface area contributed by atoms with Gasteiger partial charge in [0.2, 0.25) is 5.91 Å². The molecule has 0 aliphatic carbocycles. The number of likely N-dealkylation sites (tertiary alicyclic amines) is 1. The lowest BCUT2D eigenvalue weighted by Gasteiger charge is -2.34. The van der Waals surface area contributed by atoms with Crippen molar-refractivity contribution in [1.29, 1.82) is 0 Å². The van der Waals surface area contributed by atoms with Gasteiger partial charge in [-0.2, -0.15) is 0 Å². The summed E-state index contributed by atoms with van der Waals surface area (Å²) in [4.78, 5) is 21.4. The third kappa shape index (κ3) is 4.33. The van der Waals surface area contributed by atoms with Crippen LogP contribution >= 0.6 is 0 Å². The molecule has 0 bridgehead atoms. The predicted octanol–water partition coefficient (Wildman–Crippen LogP) is 3.97. The van der Waals surface area contributed by atoms with Crippen LogP contribution in [0.25, 0.3) is 6.08 Å². The summed E-state index contributed by atoms with van der Waals surface area (Å²) in [5.74, 6) is 0.735. The molecule has 3 heterocycles. The van der Waals surface area contributed by atoms with Gasteiger partial charge >= 0.3 is 0 Å². The van der Waals surface area contributed by atoms with Crippen molar-refractivity contribution in [2.45, 2.75) is 39.7 Å². The van der Waals surface area contributed by atoms with Crippen LogP contribution in [0.15, 0.2) is 42.9 Å². The molecular weight excluding hydrogens is 346 g/mol. The van der Waals surface area contributed by atoms with Gasteiger partial charge in [0.25, 0.3) is 0 Å². The van der Waals surface area contributed by atoms with Crippen LogP contribution in [0.5, 0.6) is 0 Å².